The summed E-state index contributed by atoms with van der Waals surface area (Å²) in [5, 5.41) is 3.22. The summed E-state index contributed by atoms with van der Waals surface area (Å²) in [6.07, 6.45) is 0. The summed E-state index contributed by atoms with van der Waals surface area (Å²) < 4.78 is 13.6. The van der Waals surface area contributed by atoms with Crippen molar-refractivity contribution in [2.45, 2.75) is 39.2 Å². The zero-order chi connectivity index (χ0) is 15.6. The molecule has 1 N–H and O–H groups in total. The Hall–Kier alpha value is -1.67. The maximum absolute atomic E-state index is 13.6. The molecule has 0 aromatic heterocycles. The normalized spacial score (nSPS) is 13.2. The van der Waals surface area contributed by atoms with E-state index < -0.39 is 0 Å². The maximum Gasteiger partial charge on any atom is 0.123 e. The van der Waals surface area contributed by atoms with Crippen LogP contribution in [0.1, 0.15) is 44.9 Å². The lowest BCUT2D eigenvalue weighted by atomic mass is 9.85. The van der Waals surface area contributed by atoms with Gasteiger partial charge in [-0.25, -0.2) is 4.39 Å². The van der Waals surface area contributed by atoms with Crippen LogP contribution in [0.5, 0.6) is 0 Å². The fourth-order valence-corrected chi connectivity index (χ4v) is 2.46. The van der Waals surface area contributed by atoms with E-state index in [1.54, 1.807) is 6.07 Å². The van der Waals surface area contributed by atoms with Crippen molar-refractivity contribution in [2.24, 2.45) is 0 Å². The smallest absolute Gasteiger partial charge is 0.123 e. The fraction of sp³-hybridized carbons (Fsp3) is 0.368. The van der Waals surface area contributed by atoms with Crippen LogP contribution in [0.4, 0.5) is 4.39 Å². The van der Waals surface area contributed by atoms with Gasteiger partial charge in [-0.2, -0.15) is 0 Å². The molecular formula is C19H24FN. The molecule has 1 unspecified atom stereocenters. The Kier molecular flexibility index (Phi) is 4.48. The zero-order valence-corrected chi connectivity index (χ0v) is 13.5. The van der Waals surface area contributed by atoms with Gasteiger partial charge in [0, 0.05) is 6.04 Å². The van der Waals surface area contributed by atoms with Gasteiger partial charge >= 0.3 is 0 Å². The predicted octanol–water partition coefficient (Wildman–Crippen LogP) is 5.07. The average Bonchev–Trinajstić information content (AvgIpc) is 2.45. The van der Waals surface area contributed by atoms with Crippen LogP contribution in [-0.2, 0) is 5.41 Å². The number of hydrogen-bond donors (Lipinski definition) is 1. The molecular weight excluding hydrogens is 261 g/mol. The highest BCUT2D eigenvalue weighted by Gasteiger charge is 2.15. The van der Waals surface area contributed by atoms with Gasteiger partial charge in [-0.05, 0) is 53.8 Å². The predicted molar refractivity (Wildman–Crippen MR) is 88.0 cm³/mol. The summed E-state index contributed by atoms with van der Waals surface area (Å²) in [4.78, 5) is 0. The van der Waals surface area contributed by atoms with Crippen LogP contribution in [0.15, 0.2) is 42.5 Å². The van der Waals surface area contributed by atoms with Gasteiger partial charge in [0.15, 0.2) is 0 Å². The summed E-state index contributed by atoms with van der Waals surface area (Å²) in [6.45, 7) is 8.66. The number of halogens is 1. The van der Waals surface area contributed by atoms with Crippen molar-refractivity contribution in [3.8, 4) is 11.1 Å². The van der Waals surface area contributed by atoms with Crippen molar-refractivity contribution in [3.63, 3.8) is 0 Å². The zero-order valence-electron chi connectivity index (χ0n) is 13.5. The Balaban J connectivity index is 2.48. The molecule has 0 heterocycles. The lowest BCUT2D eigenvalue weighted by Crippen LogP contribution is -2.13. The molecule has 21 heavy (non-hydrogen) atoms. The van der Waals surface area contributed by atoms with E-state index in [1.165, 1.54) is 11.6 Å². The molecule has 0 radical (unpaired) electrons. The summed E-state index contributed by atoms with van der Waals surface area (Å²) >= 11 is 0. The monoisotopic (exact) mass is 285 g/mol. The van der Waals surface area contributed by atoms with Gasteiger partial charge in [0.1, 0.15) is 5.82 Å². The Morgan fingerprint density at radius 1 is 1.00 bits per heavy atom. The standard InChI is InChI=1S/C19H24FN/c1-13(21-5)17-11-10-16(20)12-18(17)14-6-8-15(9-7-14)19(2,3)4/h6-13,21H,1-5H3. The number of benzene rings is 2. The minimum Gasteiger partial charge on any atom is -0.313 e. The van der Waals surface area contributed by atoms with E-state index in [0.717, 1.165) is 16.7 Å². The van der Waals surface area contributed by atoms with Gasteiger partial charge < -0.3 is 5.32 Å². The van der Waals surface area contributed by atoms with E-state index >= 15 is 0 Å². The van der Waals surface area contributed by atoms with Gasteiger partial charge in [0.2, 0.25) is 0 Å². The highest BCUT2D eigenvalue weighted by Crippen LogP contribution is 2.31. The third-order valence-electron chi connectivity index (χ3n) is 3.98. The first-order valence-electron chi connectivity index (χ1n) is 7.40. The van der Waals surface area contributed by atoms with Crippen LogP contribution >= 0.6 is 0 Å². The summed E-state index contributed by atoms with van der Waals surface area (Å²) in [7, 11) is 1.92. The Morgan fingerprint density at radius 2 is 1.62 bits per heavy atom. The lowest BCUT2D eigenvalue weighted by Gasteiger charge is -2.20. The molecule has 0 aliphatic carbocycles. The molecule has 112 valence electrons. The highest BCUT2D eigenvalue weighted by molar-refractivity contribution is 5.68. The van der Waals surface area contributed by atoms with E-state index in [1.807, 2.05) is 13.1 Å². The largest absolute Gasteiger partial charge is 0.313 e. The first kappa shape index (κ1) is 15.7. The van der Waals surface area contributed by atoms with Crippen LogP contribution in [0.3, 0.4) is 0 Å². The molecule has 1 atom stereocenters. The summed E-state index contributed by atoms with van der Waals surface area (Å²) in [5.41, 5.74) is 4.53. The molecule has 2 aromatic rings. The van der Waals surface area contributed by atoms with Crippen molar-refractivity contribution < 1.29 is 4.39 Å². The molecule has 1 nitrogen and oxygen atoms in total. The van der Waals surface area contributed by atoms with E-state index in [4.69, 9.17) is 0 Å². The molecule has 0 saturated carbocycles. The molecule has 2 aromatic carbocycles. The highest BCUT2D eigenvalue weighted by atomic mass is 19.1. The quantitative estimate of drug-likeness (QED) is 0.830. The SMILES string of the molecule is CNC(C)c1ccc(F)cc1-c1ccc(C(C)(C)C)cc1. The molecule has 2 heteroatoms. The van der Waals surface area contributed by atoms with Crippen molar-refractivity contribution in [1.82, 2.24) is 5.32 Å². The van der Waals surface area contributed by atoms with Crippen molar-refractivity contribution in [1.29, 1.82) is 0 Å². The minimum atomic E-state index is -0.197. The average molecular weight is 285 g/mol. The van der Waals surface area contributed by atoms with E-state index in [9.17, 15) is 4.39 Å². The molecule has 0 spiro atoms. The van der Waals surface area contributed by atoms with Crippen LogP contribution in [0, 0.1) is 5.82 Å². The summed E-state index contributed by atoms with van der Waals surface area (Å²) in [6, 6.07) is 13.6. The Labute approximate surface area is 127 Å². The topological polar surface area (TPSA) is 12.0 Å². The molecule has 0 bridgehead atoms. The first-order valence-corrected chi connectivity index (χ1v) is 7.40. The van der Waals surface area contributed by atoms with E-state index in [0.29, 0.717) is 0 Å². The fourth-order valence-electron chi connectivity index (χ4n) is 2.46. The van der Waals surface area contributed by atoms with Gasteiger partial charge in [0.25, 0.3) is 0 Å². The van der Waals surface area contributed by atoms with Crippen LogP contribution in [0.2, 0.25) is 0 Å². The van der Waals surface area contributed by atoms with Gasteiger partial charge in [-0.3, -0.25) is 0 Å². The molecule has 0 saturated heterocycles. The molecule has 0 aliphatic rings. The van der Waals surface area contributed by atoms with Crippen molar-refractivity contribution in [2.75, 3.05) is 7.05 Å². The van der Waals surface area contributed by atoms with Crippen LogP contribution < -0.4 is 5.32 Å². The second kappa shape index (κ2) is 5.98. The number of rotatable bonds is 3. The minimum absolute atomic E-state index is 0.127. The maximum atomic E-state index is 13.6. The molecule has 2 rings (SSSR count). The van der Waals surface area contributed by atoms with Crippen LogP contribution in [0.25, 0.3) is 11.1 Å². The van der Waals surface area contributed by atoms with Crippen molar-refractivity contribution >= 4 is 0 Å². The van der Waals surface area contributed by atoms with Gasteiger partial charge in [0.05, 0.1) is 0 Å². The Morgan fingerprint density at radius 3 is 2.14 bits per heavy atom. The second-order valence-electron chi connectivity index (χ2n) is 6.57. The number of hydrogen-bond acceptors (Lipinski definition) is 1. The first-order chi connectivity index (χ1) is 9.82. The van der Waals surface area contributed by atoms with Crippen LogP contribution in [-0.4, -0.2) is 7.05 Å². The molecule has 0 fully saturated rings. The third-order valence-corrected chi connectivity index (χ3v) is 3.98. The molecule has 0 amide bonds. The van der Waals surface area contributed by atoms with Gasteiger partial charge in [-0.15, -0.1) is 0 Å². The van der Waals surface area contributed by atoms with Crippen molar-refractivity contribution in [3.05, 3.63) is 59.4 Å². The van der Waals surface area contributed by atoms with E-state index in [2.05, 4.69) is 57.3 Å². The van der Waals surface area contributed by atoms with Gasteiger partial charge in [-0.1, -0.05) is 51.1 Å². The number of nitrogens with one attached hydrogen (secondary N) is 1. The van der Waals surface area contributed by atoms with E-state index in [-0.39, 0.29) is 17.3 Å². The molecule has 0 aliphatic heterocycles. The lowest BCUT2D eigenvalue weighted by molar-refractivity contribution is 0.590. The summed E-state index contributed by atoms with van der Waals surface area (Å²) in [5.74, 6) is -0.197. The second-order valence-corrected chi connectivity index (χ2v) is 6.57. The third kappa shape index (κ3) is 3.51. The Bertz CT molecular complexity index is 608.